The van der Waals surface area contributed by atoms with E-state index >= 15 is 0 Å². The third-order valence-corrected chi connectivity index (χ3v) is 7.27. The molecule has 2 aliphatic rings. The number of benzene rings is 4. The fourth-order valence-corrected chi connectivity index (χ4v) is 5.71. The molecular formula is C32H18BN3OPd. The third-order valence-electron chi connectivity index (χ3n) is 7.27. The van der Waals surface area contributed by atoms with Crippen LogP contribution < -0.4 is 15.7 Å². The normalized spacial score (nSPS) is 12.4. The van der Waals surface area contributed by atoms with E-state index < -0.39 is 0 Å². The first-order valence-electron chi connectivity index (χ1n) is 12.3. The number of nitrogens with zero attached hydrogens (tertiary/aromatic N) is 3. The van der Waals surface area contributed by atoms with Crippen LogP contribution in [0.15, 0.2) is 114 Å². The second-order valence-corrected chi connectivity index (χ2v) is 9.26. The summed E-state index contributed by atoms with van der Waals surface area (Å²) in [4.78, 5) is 11.4. The summed E-state index contributed by atoms with van der Waals surface area (Å²) in [7, 11) is 0. The standard InChI is InChI=1S/C32H18BN3O.Pd/c1-3-10-30-25(7-1)23-14-12-21(29-9-5-6-16-34-29)19-27(23)33-28-20-22(32-35-17-18-37-32)13-15-24(28)26-8-2-4-11-31(26)36(30)33;/h1-18H;/q-2;+2. The minimum Gasteiger partial charge on any atom is -0.489 e. The summed E-state index contributed by atoms with van der Waals surface area (Å²) < 4.78 is 5.65. The van der Waals surface area contributed by atoms with Gasteiger partial charge in [-0.2, -0.15) is 0 Å². The van der Waals surface area contributed by atoms with Crippen LogP contribution in [0.3, 0.4) is 0 Å². The van der Waals surface area contributed by atoms with E-state index in [0.29, 0.717) is 5.89 Å². The quantitative estimate of drug-likeness (QED) is 0.190. The molecule has 0 unspecified atom stereocenters. The van der Waals surface area contributed by atoms with Gasteiger partial charge in [-0.15, -0.1) is 64.0 Å². The monoisotopic (exact) mass is 577 g/mol. The van der Waals surface area contributed by atoms with Crippen molar-refractivity contribution in [3.8, 4) is 45.0 Å². The number of para-hydroxylation sites is 2. The Balaban J connectivity index is 0.00000242. The van der Waals surface area contributed by atoms with Gasteiger partial charge in [0.15, 0.2) is 0 Å². The molecule has 6 heteroatoms. The van der Waals surface area contributed by atoms with Crippen molar-refractivity contribution in [1.29, 1.82) is 0 Å². The van der Waals surface area contributed by atoms with Gasteiger partial charge in [0.25, 0.3) is 6.85 Å². The predicted octanol–water partition coefficient (Wildman–Crippen LogP) is 5.91. The van der Waals surface area contributed by atoms with Gasteiger partial charge in [0.2, 0.25) is 0 Å². The molecule has 4 heterocycles. The third kappa shape index (κ3) is 3.35. The van der Waals surface area contributed by atoms with E-state index in [-0.39, 0.29) is 27.3 Å². The molecule has 4 nitrogen and oxygen atoms in total. The zero-order chi connectivity index (χ0) is 24.3. The molecule has 0 aliphatic carbocycles. The van der Waals surface area contributed by atoms with Crippen LogP contribution >= 0.6 is 0 Å². The Morgan fingerprint density at radius 2 is 1.24 bits per heavy atom. The van der Waals surface area contributed by atoms with Crippen molar-refractivity contribution >= 4 is 29.1 Å². The maximum absolute atomic E-state index is 5.65. The van der Waals surface area contributed by atoms with E-state index in [0.717, 1.165) is 33.3 Å². The van der Waals surface area contributed by atoms with Crippen molar-refractivity contribution in [2.75, 3.05) is 4.81 Å². The molecule has 4 aromatic carbocycles. The Bertz CT molecular complexity index is 1800. The van der Waals surface area contributed by atoms with Crippen molar-refractivity contribution in [3.05, 3.63) is 122 Å². The summed E-state index contributed by atoms with van der Waals surface area (Å²) in [6.45, 7) is -0.117. The molecule has 0 saturated carbocycles. The minimum absolute atomic E-state index is 0. The topological polar surface area (TPSA) is 42.2 Å². The molecule has 8 rings (SSSR count). The molecule has 0 N–H and O–H groups in total. The van der Waals surface area contributed by atoms with Crippen LogP contribution in [-0.2, 0) is 20.4 Å². The van der Waals surface area contributed by atoms with Gasteiger partial charge in [0.05, 0.1) is 12.5 Å². The fraction of sp³-hybridized carbons (Fsp3) is 0. The van der Waals surface area contributed by atoms with Crippen molar-refractivity contribution in [2.24, 2.45) is 0 Å². The van der Waals surface area contributed by atoms with E-state index in [1.54, 1.807) is 12.5 Å². The first kappa shape index (κ1) is 22.9. The predicted molar refractivity (Wildman–Crippen MR) is 147 cm³/mol. The van der Waals surface area contributed by atoms with Gasteiger partial charge in [0, 0.05) is 17.6 Å². The number of rotatable bonds is 2. The van der Waals surface area contributed by atoms with Crippen LogP contribution in [0, 0.1) is 12.1 Å². The zero-order valence-corrected chi connectivity index (χ0v) is 21.6. The van der Waals surface area contributed by atoms with Gasteiger partial charge in [-0.05, 0) is 35.0 Å². The Morgan fingerprint density at radius 1 is 0.605 bits per heavy atom. The number of pyridine rings is 1. The molecule has 0 spiro atoms. The molecule has 0 radical (unpaired) electrons. The summed E-state index contributed by atoms with van der Waals surface area (Å²) in [6.07, 6.45) is 5.10. The molecule has 0 bridgehead atoms. The SMILES string of the molecule is [Pd+2].[c-]1c(-c2ccccn2)ccc2c1B1c3[c-]c(-c4ncco4)ccc3-c3ccccc3N1c1ccccc1-2. The Hall–Kier alpha value is -4.23. The maximum atomic E-state index is 5.65. The molecule has 2 aromatic heterocycles. The van der Waals surface area contributed by atoms with Gasteiger partial charge in [-0.3, -0.25) is 4.98 Å². The van der Waals surface area contributed by atoms with Crippen LogP contribution in [0.4, 0.5) is 11.4 Å². The van der Waals surface area contributed by atoms with Crippen LogP contribution in [-0.4, -0.2) is 16.8 Å². The molecule has 180 valence electrons. The number of aromatic nitrogens is 2. The molecule has 0 fully saturated rings. The van der Waals surface area contributed by atoms with E-state index in [2.05, 4.69) is 93.6 Å². The van der Waals surface area contributed by atoms with Crippen molar-refractivity contribution in [2.45, 2.75) is 0 Å². The summed E-state index contributed by atoms with van der Waals surface area (Å²) >= 11 is 0. The van der Waals surface area contributed by atoms with Gasteiger partial charge in [-0.25, -0.2) is 0 Å². The van der Waals surface area contributed by atoms with Crippen LogP contribution in [0.5, 0.6) is 0 Å². The molecule has 0 saturated heterocycles. The minimum atomic E-state index is -0.117. The number of anilines is 2. The number of hydrogen-bond acceptors (Lipinski definition) is 4. The summed E-state index contributed by atoms with van der Waals surface area (Å²) in [5, 5.41) is 0. The maximum Gasteiger partial charge on any atom is 2.00 e. The van der Waals surface area contributed by atoms with Gasteiger partial charge >= 0.3 is 20.4 Å². The second-order valence-electron chi connectivity index (χ2n) is 9.26. The van der Waals surface area contributed by atoms with E-state index in [1.807, 2.05) is 30.5 Å². The van der Waals surface area contributed by atoms with Crippen molar-refractivity contribution in [1.82, 2.24) is 9.97 Å². The zero-order valence-electron chi connectivity index (χ0n) is 20.0. The Morgan fingerprint density at radius 3 is 1.87 bits per heavy atom. The van der Waals surface area contributed by atoms with Crippen molar-refractivity contribution in [3.63, 3.8) is 0 Å². The van der Waals surface area contributed by atoms with E-state index in [4.69, 9.17) is 4.42 Å². The average Bonchev–Trinajstić information content (AvgIpc) is 3.52. The molecule has 0 atom stereocenters. The Kier molecular flexibility index (Phi) is 5.40. The molecule has 6 aromatic rings. The molecule has 0 amide bonds. The van der Waals surface area contributed by atoms with E-state index in [9.17, 15) is 0 Å². The van der Waals surface area contributed by atoms with Crippen LogP contribution in [0.1, 0.15) is 0 Å². The first-order chi connectivity index (χ1) is 18.4. The first-order valence-corrected chi connectivity index (χ1v) is 12.3. The molecule has 38 heavy (non-hydrogen) atoms. The smallest absolute Gasteiger partial charge is 0.489 e. The number of oxazole rings is 1. The number of hydrogen-bond donors (Lipinski definition) is 0. The fourth-order valence-electron chi connectivity index (χ4n) is 5.71. The summed E-state index contributed by atoms with van der Waals surface area (Å²) in [6, 6.07) is 39.2. The number of fused-ring (bicyclic) bond motifs is 11. The summed E-state index contributed by atoms with van der Waals surface area (Å²) in [5.74, 6) is 0.566. The van der Waals surface area contributed by atoms with Gasteiger partial charge in [0.1, 0.15) is 5.89 Å². The van der Waals surface area contributed by atoms with Crippen LogP contribution in [0.25, 0.3) is 45.0 Å². The van der Waals surface area contributed by atoms with Gasteiger partial charge < -0.3 is 14.2 Å². The van der Waals surface area contributed by atoms with E-state index in [1.165, 1.54) is 28.1 Å². The van der Waals surface area contributed by atoms with Crippen LogP contribution in [0.2, 0.25) is 0 Å². The Labute approximate surface area is 234 Å². The van der Waals surface area contributed by atoms with Crippen molar-refractivity contribution < 1.29 is 24.8 Å². The average molecular weight is 578 g/mol. The molecular weight excluding hydrogens is 560 g/mol. The van der Waals surface area contributed by atoms with Gasteiger partial charge in [-0.1, -0.05) is 54.1 Å². The summed E-state index contributed by atoms with van der Waals surface area (Å²) in [5.41, 5.74) is 12.0. The second kappa shape index (κ2) is 8.95. The largest absolute Gasteiger partial charge is 2.00 e. The molecule has 2 aliphatic heterocycles.